The Balaban J connectivity index is 3.58. The third-order valence-corrected chi connectivity index (χ3v) is 1.83. The molecule has 1 atom stereocenters. The van der Waals surface area contributed by atoms with Crippen molar-refractivity contribution in [3.05, 3.63) is 0 Å². The van der Waals surface area contributed by atoms with Gasteiger partial charge in [-0.25, -0.2) is 0 Å². The SMILES string of the molecule is COC(C)(CN)CCCN. The highest BCUT2D eigenvalue weighted by molar-refractivity contribution is 4.75. The molecule has 0 aliphatic heterocycles. The Morgan fingerprint density at radius 2 is 2.00 bits per heavy atom. The molecule has 0 heterocycles. The van der Waals surface area contributed by atoms with Crippen LogP contribution in [0, 0.1) is 0 Å². The highest BCUT2D eigenvalue weighted by Gasteiger charge is 2.19. The molecule has 0 amide bonds. The molecule has 4 N–H and O–H groups in total. The summed E-state index contributed by atoms with van der Waals surface area (Å²) < 4.78 is 5.21. The second-order valence-corrected chi connectivity index (χ2v) is 2.75. The van der Waals surface area contributed by atoms with Gasteiger partial charge in [0.05, 0.1) is 5.60 Å². The Kier molecular flexibility index (Phi) is 4.60. The maximum atomic E-state index is 5.49. The average Bonchev–Trinajstić information content (AvgIpc) is 2.00. The summed E-state index contributed by atoms with van der Waals surface area (Å²) in [5.41, 5.74) is 10.7. The molecule has 1 unspecified atom stereocenters. The van der Waals surface area contributed by atoms with Gasteiger partial charge in [0.2, 0.25) is 0 Å². The molecule has 62 valence electrons. The van der Waals surface area contributed by atoms with Crippen LogP contribution in [0.4, 0.5) is 0 Å². The fourth-order valence-electron chi connectivity index (χ4n) is 0.763. The fraction of sp³-hybridized carbons (Fsp3) is 1.00. The van der Waals surface area contributed by atoms with Crippen molar-refractivity contribution in [1.82, 2.24) is 0 Å². The zero-order valence-electron chi connectivity index (χ0n) is 6.89. The number of hydrogen-bond acceptors (Lipinski definition) is 3. The second kappa shape index (κ2) is 4.66. The summed E-state index contributed by atoms with van der Waals surface area (Å²) in [6, 6.07) is 0. The van der Waals surface area contributed by atoms with E-state index in [1.165, 1.54) is 0 Å². The van der Waals surface area contributed by atoms with Crippen molar-refractivity contribution in [3.8, 4) is 0 Å². The number of rotatable bonds is 5. The lowest BCUT2D eigenvalue weighted by Gasteiger charge is -2.25. The Hall–Kier alpha value is -0.120. The monoisotopic (exact) mass is 146 g/mol. The van der Waals surface area contributed by atoms with E-state index >= 15 is 0 Å². The molecule has 0 spiro atoms. The molecule has 0 aromatic carbocycles. The van der Waals surface area contributed by atoms with E-state index in [1.807, 2.05) is 6.92 Å². The molecular formula is C7H18N2O. The molecule has 0 aromatic rings. The Bertz CT molecular complexity index is 81.7. The van der Waals surface area contributed by atoms with E-state index in [9.17, 15) is 0 Å². The maximum absolute atomic E-state index is 5.49. The quantitative estimate of drug-likeness (QED) is 0.578. The zero-order valence-corrected chi connectivity index (χ0v) is 6.89. The molecule has 3 nitrogen and oxygen atoms in total. The second-order valence-electron chi connectivity index (χ2n) is 2.75. The van der Waals surface area contributed by atoms with Crippen molar-refractivity contribution in [1.29, 1.82) is 0 Å². The molecule has 0 saturated carbocycles. The third-order valence-electron chi connectivity index (χ3n) is 1.83. The van der Waals surface area contributed by atoms with Gasteiger partial charge in [0.1, 0.15) is 0 Å². The van der Waals surface area contributed by atoms with E-state index in [0.29, 0.717) is 13.1 Å². The average molecular weight is 146 g/mol. The summed E-state index contributed by atoms with van der Waals surface area (Å²) in [6.07, 6.45) is 1.91. The number of hydrogen-bond donors (Lipinski definition) is 2. The van der Waals surface area contributed by atoms with Crippen molar-refractivity contribution >= 4 is 0 Å². The van der Waals surface area contributed by atoms with Gasteiger partial charge in [0.25, 0.3) is 0 Å². The minimum atomic E-state index is -0.167. The van der Waals surface area contributed by atoms with E-state index < -0.39 is 0 Å². The summed E-state index contributed by atoms with van der Waals surface area (Å²) in [5.74, 6) is 0. The van der Waals surface area contributed by atoms with Crippen LogP contribution < -0.4 is 11.5 Å². The first-order valence-corrected chi connectivity index (χ1v) is 3.64. The largest absolute Gasteiger partial charge is 0.377 e. The summed E-state index contributed by atoms with van der Waals surface area (Å²) in [7, 11) is 1.68. The molecule has 0 fully saturated rings. The molecule has 0 bridgehead atoms. The lowest BCUT2D eigenvalue weighted by molar-refractivity contribution is 0.00573. The maximum Gasteiger partial charge on any atom is 0.0772 e. The molecule has 0 saturated heterocycles. The van der Waals surface area contributed by atoms with Gasteiger partial charge in [-0.15, -0.1) is 0 Å². The van der Waals surface area contributed by atoms with Crippen LogP contribution in [0.2, 0.25) is 0 Å². The van der Waals surface area contributed by atoms with Crippen molar-refractivity contribution in [2.24, 2.45) is 11.5 Å². The standard InChI is InChI=1S/C7H18N2O/c1-7(6-9,10-2)4-3-5-8/h3-6,8-9H2,1-2H3. The van der Waals surface area contributed by atoms with Crippen LogP contribution >= 0.6 is 0 Å². The van der Waals surface area contributed by atoms with Crippen molar-refractivity contribution < 1.29 is 4.74 Å². The van der Waals surface area contributed by atoms with E-state index in [4.69, 9.17) is 16.2 Å². The van der Waals surface area contributed by atoms with E-state index in [1.54, 1.807) is 7.11 Å². The smallest absolute Gasteiger partial charge is 0.0772 e. The lowest BCUT2D eigenvalue weighted by atomic mass is 10.0. The van der Waals surface area contributed by atoms with Crippen molar-refractivity contribution in [2.45, 2.75) is 25.4 Å². The van der Waals surface area contributed by atoms with Gasteiger partial charge in [-0.1, -0.05) is 0 Å². The van der Waals surface area contributed by atoms with Crippen LogP contribution in [-0.4, -0.2) is 25.8 Å². The van der Waals surface area contributed by atoms with Gasteiger partial charge in [-0.2, -0.15) is 0 Å². The van der Waals surface area contributed by atoms with Gasteiger partial charge in [-0.05, 0) is 26.3 Å². The van der Waals surface area contributed by atoms with Gasteiger partial charge in [0.15, 0.2) is 0 Å². The minimum Gasteiger partial charge on any atom is -0.377 e. The Labute approximate surface area is 62.7 Å². The molecule has 0 aromatic heterocycles. The highest BCUT2D eigenvalue weighted by atomic mass is 16.5. The molecular weight excluding hydrogens is 128 g/mol. The minimum absolute atomic E-state index is 0.167. The summed E-state index contributed by atoms with van der Waals surface area (Å²) in [4.78, 5) is 0. The summed E-state index contributed by atoms with van der Waals surface area (Å²) in [6.45, 7) is 3.27. The topological polar surface area (TPSA) is 61.3 Å². The van der Waals surface area contributed by atoms with Gasteiger partial charge < -0.3 is 16.2 Å². The predicted octanol–water partition coefficient (Wildman–Crippen LogP) is 0.0891. The normalized spacial score (nSPS) is 16.8. The molecule has 0 aliphatic rings. The van der Waals surface area contributed by atoms with Crippen LogP contribution in [0.3, 0.4) is 0 Å². The Morgan fingerprint density at radius 3 is 2.30 bits per heavy atom. The van der Waals surface area contributed by atoms with E-state index in [2.05, 4.69) is 0 Å². The molecule has 0 radical (unpaired) electrons. The van der Waals surface area contributed by atoms with Crippen molar-refractivity contribution in [2.75, 3.05) is 20.2 Å². The van der Waals surface area contributed by atoms with Crippen LogP contribution in [0.15, 0.2) is 0 Å². The van der Waals surface area contributed by atoms with Gasteiger partial charge in [0, 0.05) is 13.7 Å². The van der Waals surface area contributed by atoms with Crippen LogP contribution in [-0.2, 0) is 4.74 Å². The number of methoxy groups -OCH3 is 1. The fourth-order valence-corrected chi connectivity index (χ4v) is 0.763. The van der Waals surface area contributed by atoms with Crippen LogP contribution in [0.25, 0.3) is 0 Å². The van der Waals surface area contributed by atoms with Crippen molar-refractivity contribution in [3.63, 3.8) is 0 Å². The first-order chi connectivity index (χ1) is 4.68. The highest BCUT2D eigenvalue weighted by Crippen LogP contribution is 2.13. The first-order valence-electron chi connectivity index (χ1n) is 3.64. The van der Waals surface area contributed by atoms with Crippen LogP contribution in [0.5, 0.6) is 0 Å². The summed E-state index contributed by atoms with van der Waals surface area (Å²) in [5, 5.41) is 0. The molecule has 3 heteroatoms. The lowest BCUT2D eigenvalue weighted by Crippen LogP contribution is -2.36. The molecule has 0 rings (SSSR count). The van der Waals surface area contributed by atoms with Crippen LogP contribution in [0.1, 0.15) is 19.8 Å². The Morgan fingerprint density at radius 1 is 1.40 bits per heavy atom. The van der Waals surface area contributed by atoms with Gasteiger partial charge >= 0.3 is 0 Å². The zero-order chi connectivity index (χ0) is 8.04. The van der Waals surface area contributed by atoms with Gasteiger partial charge in [-0.3, -0.25) is 0 Å². The molecule has 0 aliphatic carbocycles. The first kappa shape index (κ1) is 9.88. The van der Waals surface area contributed by atoms with E-state index in [-0.39, 0.29) is 5.60 Å². The third kappa shape index (κ3) is 3.15. The number of ether oxygens (including phenoxy) is 1. The summed E-state index contributed by atoms with van der Waals surface area (Å²) >= 11 is 0. The molecule has 10 heavy (non-hydrogen) atoms. The predicted molar refractivity (Wildman–Crippen MR) is 42.8 cm³/mol. The number of nitrogens with two attached hydrogens (primary N) is 2. The van der Waals surface area contributed by atoms with E-state index in [0.717, 1.165) is 12.8 Å².